The molecule has 3 nitrogen and oxygen atoms in total. The molecule has 1 amide bonds. The molecule has 1 N–H and O–H groups in total. The van der Waals surface area contributed by atoms with E-state index in [2.05, 4.69) is 5.32 Å². The van der Waals surface area contributed by atoms with Gasteiger partial charge in [-0.3, -0.25) is 4.79 Å². The highest BCUT2D eigenvalue weighted by molar-refractivity contribution is 5.75. The number of ether oxygens (including phenoxy) is 1. The maximum absolute atomic E-state index is 10.8. The van der Waals surface area contributed by atoms with Gasteiger partial charge in [-0.1, -0.05) is 6.92 Å². The molecule has 0 heterocycles. The summed E-state index contributed by atoms with van der Waals surface area (Å²) in [6, 6.07) is 0. The molecular weight excluding hydrogens is 130 g/mol. The first-order valence-corrected chi connectivity index (χ1v) is 3.57. The minimum Gasteiger partial charge on any atom is -0.383 e. The van der Waals surface area contributed by atoms with Crippen LogP contribution in [0.2, 0.25) is 0 Å². The summed E-state index contributed by atoms with van der Waals surface area (Å²) in [6.45, 7) is 3.20. The molecule has 0 saturated heterocycles. The topological polar surface area (TPSA) is 38.3 Å². The number of nitrogens with one attached hydrogen (secondary N) is 1. The fourth-order valence-electron chi connectivity index (χ4n) is 0.608. The summed E-state index contributed by atoms with van der Waals surface area (Å²) in [7, 11) is 1.62. The largest absolute Gasteiger partial charge is 0.383 e. The van der Waals surface area contributed by atoms with Gasteiger partial charge < -0.3 is 10.1 Å². The monoisotopic (exact) mass is 147 g/mol. The van der Waals surface area contributed by atoms with E-state index >= 15 is 0 Å². The molecule has 3 heteroatoms. The molecule has 0 spiro atoms. The van der Waals surface area contributed by atoms with Crippen LogP contribution in [0.15, 0.2) is 0 Å². The second-order valence-corrected chi connectivity index (χ2v) is 2.09. The van der Waals surface area contributed by atoms with E-state index in [9.17, 15) is 4.79 Å². The van der Waals surface area contributed by atoms with E-state index in [0.717, 1.165) is 6.42 Å². The standard InChI is InChI=1S/C7H15NO2.H2/c1-3-4-7(9)8-5-6-10-2;/h3-6H2,1-2H3,(H,8,9);1H. The SMILES string of the molecule is CCCC(=O)NCCOC.[HH]. The Morgan fingerprint density at radius 1 is 1.70 bits per heavy atom. The Morgan fingerprint density at radius 3 is 2.90 bits per heavy atom. The van der Waals surface area contributed by atoms with Gasteiger partial charge in [0.25, 0.3) is 0 Å². The zero-order chi connectivity index (χ0) is 7.82. The van der Waals surface area contributed by atoms with Crippen LogP contribution in [-0.2, 0) is 9.53 Å². The van der Waals surface area contributed by atoms with Crippen LogP contribution < -0.4 is 5.32 Å². The molecule has 0 radical (unpaired) electrons. The molecule has 0 aromatic carbocycles. The Bertz CT molecular complexity index is 98.4. The zero-order valence-corrected chi connectivity index (χ0v) is 6.64. The molecule has 0 aromatic rings. The van der Waals surface area contributed by atoms with E-state index in [1.807, 2.05) is 6.92 Å². The first-order chi connectivity index (χ1) is 4.81. The van der Waals surface area contributed by atoms with Crippen LogP contribution in [0.4, 0.5) is 0 Å². The molecule has 0 saturated carbocycles. The highest BCUT2D eigenvalue weighted by atomic mass is 16.5. The summed E-state index contributed by atoms with van der Waals surface area (Å²) in [5.41, 5.74) is 0. The van der Waals surface area contributed by atoms with E-state index in [0.29, 0.717) is 19.6 Å². The predicted octanol–water partition coefficient (Wildman–Crippen LogP) is 0.795. The summed E-state index contributed by atoms with van der Waals surface area (Å²) in [4.78, 5) is 10.8. The van der Waals surface area contributed by atoms with Gasteiger partial charge in [0.15, 0.2) is 0 Å². The van der Waals surface area contributed by atoms with Crippen molar-refractivity contribution in [3.05, 3.63) is 0 Å². The van der Waals surface area contributed by atoms with Crippen LogP contribution in [0.1, 0.15) is 21.2 Å². The van der Waals surface area contributed by atoms with E-state index in [1.54, 1.807) is 7.11 Å². The molecule has 10 heavy (non-hydrogen) atoms. The van der Waals surface area contributed by atoms with Gasteiger partial charge in [0.05, 0.1) is 6.61 Å². The quantitative estimate of drug-likeness (QED) is 0.584. The zero-order valence-electron chi connectivity index (χ0n) is 6.64. The van der Waals surface area contributed by atoms with E-state index < -0.39 is 0 Å². The predicted molar refractivity (Wildman–Crippen MR) is 41.9 cm³/mol. The highest BCUT2D eigenvalue weighted by Gasteiger charge is 1.95. The van der Waals surface area contributed by atoms with Crippen molar-refractivity contribution >= 4 is 5.91 Å². The molecule has 0 unspecified atom stereocenters. The summed E-state index contributed by atoms with van der Waals surface area (Å²) >= 11 is 0. The van der Waals surface area contributed by atoms with Crippen LogP contribution in [0, 0.1) is 0 Å². The second-order valence-electron chi connectivity index (χ2n) is 2.09. The number of amides is 1. The van der Waals surface area contributed by atoms with Crippen LogP contribution in [-0.4, -0.2) is 26.2 Å². The summed E-state index contributed by atoms with van der Waals surface area (Å²) in [5, 5.41) is 2.72. The first kappa shape index (κ1) is 9.43. The Labute approximate surface area is 63.2 Å². The lowest BCUT2D eigenvalue weighted by molar-refractivity contribution is -0.121. The number of hydrogen-bond acceptors (Lipinski definition) is 2. The maximum atomic E-state index is 10.8. The third-order valence-electron chi connectivity index (χ3n) is 1.11. The van der Waals surface area contributed by atoms with Gasteiger partial charge in [0, 0.05) is 21.5 Å². The van der Waals surface area contributed by atoms with Crippen molar-refractivity contribution in [1.82, 2.24) is 5.32 Å². The van der Waals surface area contributed by atoms with Crippen molar-refractivity contribution in [2.24, 2.45) is 0 Å². The summed E-state index contributed by atoms with van der Waals surface area (Å²) < 4.78 is 4.76. The Balaban J connectivity index is 0. The van der Waals surface area contributed by atoms with E-state index in [4.69, 9.17) is 4.74 Å². The number of carbonyl (C=O) groups is 1. The third-order valence-corrected chi connectivity index (χ3v) is 1.11. The Morgan fingerprint density at radius 2 is 2.40 bits per heavy atom. The average molecular weight is 147 g/mol. The van der Waals surface area contributed by atoms with E-state index in [1.165, 1.54) is 0 Å². The van der Waals surface area contributed by atoms with Gasteiger partial charge in [0.1, 0.15) is 0 Å². The number of rotatable bonds is 5. The lowest BCUT2D eigenvalue weighted by Crippen LogP contribution is -2.26. The minimum absolute atomic E-state index is 0. The van der Waals surface area contributed by atoms with Gasteiger partial charge in [-0.2, -0.15) is 0 Å². The number of hydrogen-bond donors (Lipinski definition) is 1. The Hall–Kier alpha value is -0.570. The van der Waals surface area contributed by atoms with Gasteiger partial charge in [-0.15, -0.1) is 0 Å². The van der Waals surface area contributed by atoms with Crippen LogP contribution in [0.5, 0.6) is 0 Å². The smallest absolute Gasteiger partial charge is 0.220 e. The summed E-state index contributed by atoms with van der Waals surface area (Å²) in [5.74, 6) is 0.111. The molecule has 62 valence electrons. The molecule has 0 fully saturated rings. The molecule has 0 rings (SSSR count). The number of methoxy groups -OCH3 is 1. The van der Waals surface area contributed by atoms with E-state index in [-0.39, 0.29) is 7.33 Å². The molecule has 0 aliphatic heterocycles. The molecule has 0 aliphatic rings. The van der Waals surface area contributed by atoms with Crippen molar-refractivity contribution in [1.29, 1.82) is 0 Å². The van der Waals surface area contributed by atoms with Gasteiger partial charge in [-0.25, -0.2) is 0 Å². The fourth-order valence-corrected chi connectivity index (χ4v) is 0.608. The maximum Gasteiger partial charge on any atom is 0.220 e. The normalized spacial score (nSPS) is 9.40. The second kappa shape index (κ2) is 6.55. The number of carbonyl (C=O) groups excluding carboxylic acids is 1. The molecule has 0 atom stereocenters. The van der Waals surface area contributed by atoms with Gasteiger partial charge in [-0.05, 0) is 6.42 Å². The van der Waals surface area contributed by atoms with Crippen molar-refractivity contribution in [3.63, 3.8) is 0 Å². The van der Waals surface area contributed by atoms with Crippen LogP contribution >= 0.6 is 0 Å². The highest BCUT2D eigenvalue weighted by Crippen LogP contribution is 1.84. The van der Waals surface area contributed by atoms with Gasteiger partial charge >= 0.3 is 0 Å². The average Bonchev–Trinajstić information content (AvgIpc) is 1.89. The Kier molecular flexibility index (Phi) is 6.18. The molecule has 0 aromatic heterocycles. The molecular formula is C7H17NO2. The van der Waals surface area contributed by atoms with Crippen molar-refractivity contribution in [2.45, 2.75) is 19.8 Å². The molecule has 0 bridgehead atoms. The van der Waals surface area contributed by atoms with Crippen LogP contribution in [0.25, 0.3) is 0 Å². The minimum atomic E-state index is 0. The fraction of sp³-hybridized carbons (Fsp3) is 0.857. The van der Waals surface area contributed by atoms with Crippen molar-refractivity contribution < 1.29 is 11.0 Å². The third kappa shape index (κ3) is 5.56. The lowest BCUT2D eigenvalue weighted by Gasteiger charge is -2.01. The lowest BCUT2D eigenvalue weighted by atomic mass is 10.3. The molecule has 0 aliphatic carbocycles. The first-order valence-electron chi connectivity index (χ1n) is 3.57. The van der Waals surface area contributed by atoms with Crippen molar-refractivity contribution in [3.8, 4) is 0 Å². The van der Waals surface area contributed by atoms with Crippen LogP contribution in [0.3, 0.4) is 0 Å². The van der Waals surface area contributed by atoms with Crippen molar-refractivity contribution in [2.75, 3.05) is 20.3 Å². The summed E-state index contributed by atoms with van der Waals surface area (Å²) in [6.07, 6.45) is 1.52. The van der Waals surface area contributed by atoms with Gasteiger partial charge in [0.2, 0.25) is 5.91 Å².